The standard InChI is InChI=1S/C17H19N3O3/c21-15-4-3-14(16(22)19-15)20-9-12-7-10(11-5-6-18-8-11)1-2-13(12)17(20)23/h1-2,7,11,14,18H,3-6,8-9H2,(H,19,21,22). The van der Waals surface area contributed by atoms with Gasteiger partial charge in [0, 0.05) is 25.1 Å². The molecule has 1 aromatic carbocycles. The molecule has 3 aliphatic heterocycles. The fourth-order valence-corrected chi connectivity index (χ4v) is 3.79. The fourth-order valence-electron chi connectivity index (χ4n) is 3.79. The summed E-state index contributed by atoms with van der Waals surface area (Å²) in [6, 6.07) is 5.49. The molecule has 3 amide bonds. The summed E-state index contributed by atoms with van der Waals surface area (Å²) in [6.45, 7) is 2.46. The summed E-state index contributed by atoms with van der Waals surface area (Å²) in [5, 5.41) is 5.69. The molecular weight excluding hydrogens is 294 g/mol. The van der Waals surface area contributed by atoms with Crippen LogP contribution in [0.2, 0.25) is 0 Å². The largest absolute Gasteiger partial charge is 0.322 e. The molecule has 2 atom stereocenters. The lowest BCUT2D eigenvalue weighted by Gasteiger charge is -2.29. The third-order valence-electron chi connectivity index (χ3n) is 5.08. The zero-order valence-electron chi connectivity index (χ0n) is 12.8. The Balaban J connectivity index is 1.57. The number of hydrogen-bond donors (Lipinski definition) is 2. The number of carbonyl (C=O) groups excluding carboxylic acids is 3. The maximum Gasteiger partial charge on any atom is 0.255 e. The Hall–Kier alpha value is -2.21. The van der Waals surface area contributed by atoms with E-state index in [1.807, 2.05) is 12.1 Å². The Morgan fingerprint density at radius 2 is 2.00 bits per heavy atom. The number of amides is 3. The molecular formula is C17H19N3O3. The molecule has 2 saturated heterocycles. The Morgan fingerprint density at radius 3 is 2.74 bits per heavy atom. The molecule has 6 nitrogen and oxygen atoms in total. The van der Waals surface area contributed by atoms with Crippen LogP contribution in [0.5, 0.6) is 0 Å². The number of piperidine rings is 1. The summed E-state index contributed by atoms with van der Waals surface area (Å²) in [5.41, 5.74) is 2.93. The van der Waals surface area contributed by atoms with Crippen molar-refractivity contribution in [3.63, 3.8) is 0 Å². The van der Waals surface area contributed by atoms with Gasteiger partial charge in [-0.25, -0.2) is 0 Å². The second-order valence-corrected chi connectivity index (χ2v) is 6.51. The van der Waals surface area contributed by atoms with Crippen molar-refractivity contribution in [3.05, 3.63) is 34.9 Å². The van der Waals surface area contributed by atoms with Gasteiger partial charge in [-0.2, -0.15) is 0 Å². The Morgan fingerprint density at radius 1 is 1.13 bits per heavy atom. The predicted octanol–water partition coefficient (Wildman–Crippen LogP) is 0.525. The van der Waals surface area contributed by atoms with Crippen LogP contribution in [0.1, 0.15) is 46.7 Å². The van der Waals surface area contributed by atoms with Gasteiger partial charge in [0.1, 0.15) is 6.04 Å². The quantitative estimate of drug-likeness (QED) is 0.781. The molecule has 3 aliphatic rings. The van der Waals surface area contributed by atoms with Crippen LogP contribution in [0.3, 0.4) is 0 Å². The predicted molar refractivity (Wildman–Crippen MR) is 82.7 cm³/mol. The number of hydrogen-bond acceptors (Lipinski definition) is 4. The zero-order chi connectivity index (χ0) is 16.0. The first-order valence-electron chi connectivity index (χ1n) is 8.11. The van der Waals surface area contributed by atoms with Gasteiger partial charge < -0.3 is 10.2 Å². The van der Waals surface area contributed by atoms with E-state index in [0.717, 1.165) is 25.1 Å². The van der Waals surface area contributed by atoms with Crippen molar-refractivity contribution in [1.82, 2.24) is 15.5 Å². The highest BCUT2D eigenvalue weighted by molar-refractivity contribution is 6.05. The smallest absolute Gasteiger partial charge is 0.255 e. The summed E-state index contributed by atoms with van der Waals surface area (Å²) in [6.07, 6.45) is 1.81. The number of fused-ring (bicyclic) bond motifs is 1. The van der Waals surface area contributed by atoms with Crippen LogP contribution in [-0.4, -0.2) is 41.8 Å². The van der Waals surface area contributed by atoms with E-state index in [1.165, 1.54) is 5.56 Å². The number of nitrogens with zero attached hydrogens (tertiary/aromatic N) is 1. The third kappa shape index (κ3) is 2.43. The molecule has 120 valence electrons. The van der Waals surface area contributed by atoms with Crippen LogP contribution >= 0.6 is 0 Å². The first kappa shape index (κ1) is 14.4. The monoisotopic (exact) mass is 313 g/mol. The molecule has 2 N–H and O–H groups in total. The molecule has 2 fully saturated rings. The van der Waals surface area contributed by atoms with Gasteiger partial charge in [-0.1, -0.05) is 12.1 Å². The molecule has 1 aromatic rings. The fraction of sp³-hybridized carbons (Fsp3) is 0.471. The van der Waals surface area contributed by atoms with Gasteiger partial charge >= 0.3 is 0 Å². The third-order valence-corrected chi connectivity index (χ3v) is 5.08. The van der Waals surface area contributed by atoms with Crippen LogP contribution < -0.4 is 10.6 Å². The van der Waals surface area contributed by atoms with E-state index in [2.05, 4.69) is 16.7 Å². The molecule has 0 aromatic heterocycles. The summed E-state index contributed by atoms with van der Waals surface area (Å²) >= 11 is 0. The van der Waals surface area contributed by atoms with Crippen LogP contribution in [0.4, 0.5) is 0 Å². The number of rotatable bonds is 2. The second-order valence-electron chi connectivity index (χ2n) is 6.51. The van der Waals surface area contributed by atoms with Crippen LogP contribution in [0.15, 0.2) is 18.2 Å². The Bertz CT molecular complexity index is 694. The van der Waals surface area contributed by atoms with Crippen molar-refractivity contribution in [2.45, 2.75) is 37.8 Å². The van der Waals surface area contributed by atoms with E-state index in [-0.39, 0.29) is 24.1 Å². The Labute approximate surface area is 134 Å². The lowest BCUT2D eigenvalue weighted by molar-refractivity contribution is -0.136. The number of carbonyl (C=O) groups is 3. The molecule has 0 spiro atoms. The number of imide groups is 1. The van der Waals surface area contributed by atoms with Crippen molar-refractivity contribution >= 4 is 17.7 Å². The van der Waals surface area contributed by atoms with Gasteiger partial charge in [-0.3, -0.25) is 19.7 Å². The topological polar surface area (TPSA) is 78.5 Å². The minimum absolute atomic E-state index is 0.106. The highest BCUT2D eigenvalue weighted by Crippen LogP contribution is 2.31. The van der Waals surface area contributed by atoms with Crippen LogP contribution in [-0.2, 0) is 16.1 Å². The first-order chi connectivity index (χ1) is 11.1. The second kappa shape index (κ2) is 5.45. The minimum Gasteiger partial charge on any atom is -0.322 e. The van der Waals surface area contributed by atoms with Crippen molar-refractivity contribution in [2.24, 2.45) is 0 Å². The van der Waals surface area contributed by atoms with Gasteiger partial charge in [0.15, 0.2) is 0 Å². The lowest BCUT2D eigenvalue weighted by Crippen LogP contribution is -2.52. The van der Waals surface area contributed by atoms with E-state index in [0.29, 0.717) is 24.4 Å². The average Bonchev–Trinajstić information content (AvgIpc) is 3.16. The molecule has 3 heterocycles. The van der Waals surface area contributed by atoms with Gasteiger partial charge in [0.25, 0.3) is 5.91 Å². The van der Waals surface area contributed by atoms with Crippen molar-refractivity contribution in [1.29, 1.82) is 0 Å². The normalized spacial score (nSPS) is 27.3. The summed E-state index contributed by atoms with van der Waals surface area (Å²) in [7, 11) is 0. The molecule has 0 aliphatic carbocycles. The van der Waals surface area contributed by atoms with Crippen molar-refractivity contribution < 1.29 is 14.4 Å². The highest BCUT2D eigenvalue weighted by atomic mass is 16.2. The molecule has 4 rings (SSSR count). The van der Waals surface area contributed by atoms with Gasteiger partial charge in [-0.05, 0) is 42.5 Å². The van der Waals surface area contributed by atoms with E-state index in [9.17, 15) is 14.4 Å². The van der Waals surface area contributed by atoms with Gasteiger partial charge in [0.05, 0.1) is 0 Å². The lowest BCUT2D eigenvalue weighted by atomic mass is 9.95. The summed E-state index contributed by atoms with van der Waals surface area (Å²) in [5.74, 6) is -0.222. The molecule has 23 heavy (non-hydrogen) atoms. The van der Waals surface area contributed by atoms with Crippen LogP contribution in [0.25, 0.3) is 0 Å². The Kier molecular flexibility index (Phi) is 3.41. The zero-order valence-corrected chi connectivity index (χ0v) is 12.8. The highest BCUT2D eigenvalue weighted by Gasteiger charge is 2.39. The van der Waals surface area contributed by atoms with Crippen molar-refractivity contribution in [3.8, 4) is 0 Å². The summed E-state index contributed by atoms with van der Waals surface area (Å²) in [4.78, 5) is 37.5. The number of nitrogens with one attached hydrogen (secondary N) is 2. The number of benzene rings is 1. The molecule has 0 radical (unpaired) electrons. The maximum absolute atomic E-state index is 12.6. The van der Waals surface area contributed by atoms with Crippen molar-refractivity contribution in [2.75, 3.05) is 13.1 Å². The van der Waals surface area contributed by atoms with E-state index in [4.69, 9.17) is 0 Å². The molecule has 0 bridgehead atoms. The summed E-state index contributed by atoms with van der Waals surface area (Å²) < 4.78 is 0. The van der Waals surface area contributed by atoms with E-state index in [1.54, 1.807) is 4.90 Å². The van der Waals surface area contributed by atoms with E-state index < -0.39 is 6.04 Å². The molecule has 6 heteroatoms. The van der Waals surface area contributed by atoms with Gasteiger partial charge in [0.2, 0.25) is 11.8 Å². The first-order valence-corrected chi connectivity index (χ1v) is 8.11. The van der Waals surface area contributed by atoms with E-state index >= 15 is 0 Å². The van der Waals surface area contributed by atoms with Crippen LogP contribution in [0, 0.1) is 0 Å². The molecule has 0 saturated carbocycles. The molecule has 2 unspecified atom stereocenters. The average molecular weight is 313 g/mol. The SMILES string of the molecule is O=C1CCC(N2Cc3cc(C4CCNC4)ccc3C2=O)C(=O)N1. The van der Waals surface area contributed by atoms with Gasteiger partial charge in [-0.15, -0.1) is 0 Å². The minimum atomic E-state index is -0.538. The maximum atomic E-state index is 12.6.